The number of aromatic nitrogens is 1. The molecule has 12 heteroatoms. The van der Waals surface area contributed by atoms with Crippen molar-refractivity contribution in [3.05, 3.63) is 46.9 Å². The number of hydrogen-bond donors (Lipinski definition) is 1. The molecule has 1 saturated carbocycles. The van der Waals surface area contributed by atoms with E-state index < -0.39 is 43.3 Å². The highest BCUT2D eigenvalue weighted by Crippen LogP contribution is 2.53. The topological polar surface area (TPSA) is 74.8 Å². The quantitative estimate of drug-likeness (QED) is 0.449. The zero-order valence-corrected chi connectivity index (χ0v) is 20.7. The van der Waals surface area contributed by atoms with Gasteiger partial charge in [0.25, 0.3) is 10.0 Å². The fourth-order valence-electron chi connectivity index (χ4n) is 5.75. The molecular formula is C23H26ClF3N4O3S. The highest BCUT2D eigenvalue weighted by molar-refractivity contribution is 7.92. The number of sulfonamides is 1. The fraction of sp³-hybridized carbons (Fsp3) is 0.522. The first-order valence-corrected chi connectivity index (χ1v) is 13.3. The number of nitrogens with one attached hydrogen (secondary N) is 1. The number of ether oxygens (including phenoxy) is 1. The molecule has 1 N–H and O–H groups in total. The molecule has 3 atom stereocenters. The van der Waals surface area contributed by atoms with Crippen molar-refractivity contribution in [1.82, 2.24) is 9.88 Å². The van der Waals surface area contributed by atoms with Crippen LogP contribution in [0.15, 0.2) is 29.2 Å². The van der Waals surface area contributed by atoms with Crippen molar-refractivity contribution in [3.63, 3.8) is 0 Å². The molecular weight excluding hydrogens is 505 g/mol. The van der Waals surface area contributed by atoms with Crippen molar-refractivity contribution in [2.45, 2.75) is 42.7 Å². The predicted molar refractivity (Wildman–Crippen MR) is 126 cm³/mol. The maximum atomic E-state index is 15.2. The highest BCUT2D eigenvalue weighted by atomic mass is 35.5. The van der Waals surface area contributed by atoms with Gasteiger partial charge in [0.05, 0.1) is 11.8 Å². The van der Waals surface area contributed by atoms with Crippen molar-refractivity contribution >= 4 is 33.1 Å². The molecule has 3 heterocycles. The van der Waals surface area contributed by atoms with E-state index in [2.05, 4.69) is 9.88 Å². The number of anilines is 2. The first kappa shape index (κ1) is 24.6. The summed E-state index contributed by atoms with van der Waals surface area (Å²) in [6.45, 7) is 3.00. The largest absolute Gasteiger partial charge is 0.380 e. The summed E-state index contributed by atoms with van der Waals surface area (Å²) in [6, 6.07) is 4.74. The second-order valence-corrected chi connectivity index (χ2v) is 11.5. The Morgan fingerprint density at radius 1 is 1.20 bits per heavy atom. The number of hydrogen-bond acceptors (Lipinski definition) is 6. The van der Waals surface area contributed by atoms with Crippen LogP contribution in [-0.2, 0) is 14.8 Å². The normalized spacial score (nSPS) is 26.9. The molecule has 3 fully saturated rings. The summed E-state index contributed by atoms with van der Waals surface area (Å²) in [7, 11) is -3.03. The molecule has 0 radical (unpaired) electrons. The summed E-state index contributed by atoms with van der Waals surface area (Å²) in [5.74, 6) is -4.01. The zero-order chi connectivity index (χ0) is 25.0. The Balaban J connectivity index is 1.38. The highest BCUT2D eigenvalue weighted by Gasteiger charge is 2.54. The Labute approximate surface area is 207 Å². The van der Waals surface area contributed by atoms with Gasteiger partial charge in [-0.3, -0.25) is 9.62 Å². The molecule has 7 nitrogen and oxygen atoms in total. The lowest BCUT2D eigenvalue weighted by atomic mass is 9.63. The van der Waals surface area contributed by atoms with Crippen LogP contribution in [0, 0.1) is 23.0 Å². The van der Waals surface area contributed by atoms with Gasteiger partial charge in [-0.15, -0.1) is 0 Å². The summed E-state index contributed by atoms with van der Waals surface area (Å²) < 4.78 is 76.4. The van der Waals surface area contributed by atoms with E-state index in [9.17, 15) is 12.8 Å². The van der Waals surface area contributed by atoms with E-state index in [1.165, 1.54) is 12.1 Å². The van der Waals surface area contributed by atoms with Gasteiger partial charge in [-0.25, -0.2) is 22.2 Å². The first-order chi connectivity index (χ1) is 16.6. The summed E-state index contributed by atoms with van der Waals surface area (Å²) in [4.78, 5) is 6.43. The van der Waals surface area contributed by atoms with Crippen LogP contribution in [0.5, 0.6) is 0 Å². The van der Waals surface area contributed by atoms with E-state index >= 15 is 8.78 Å². The Hall–Kier alpha value is -2.08. The zero-order valence-electron chi connectivity index (χ0n) is 19.1. The van der Waals surface area contributed by atoms with Gasteiger partial charge >= 0.3 is 0 Å². The summed E-state index contributed by atoms with van der Waals surface area (Å²) in [6.07, 6.45) is 4.16. The van der Waals surface area contributed by atoms with Crippen molar-refractivity contribution < 1.29 is 26.3 Å². The van der Waals surface area contributed by atoms with Crippen molar-refractivity contribution in [2.24, 2.45) is 5.41 Å². The number of rotatable bonds is 6. The maximum Gasteiger partial charge on any atom is 0.268 e. The predicted octanol–water partition coefficient (Wildman–Crippen LogP) is 4.03. The standard InChI is InChI=1S/C23H26ClF3N4O3S/c1-34-14-6-9-30(12-14)17-5-7-23(17)8-10-31(13-23)16-11-15(25)22(21(27)20(16)24)35(32,33)29-19-4-2-3-18(26)28-19/h2-4,11,14,17H,5-10,12-13H2,1H3,(H,28,29)/t14-,17-,23+/m1/s1. The second-order valence-electron chi connectivity index (χ2n) is 9.52. The molecule has 1 spiro atoms. The van der Waals surface area contributed by atoms with Crippen LogP contribution in [0.3, 0.4) is 0 Å². The molecule has 190 valence electrons. The average molecular weight is 531 g/mol. The van der Waals surface area contributed by atoms with Crippen molar-refractivity contribution in [2.75, 3.05) is 42.9 Å². The molecule has 0 amide bonds. The van der Waals surface area contributed by atoms with Gasteiger partial charge in [0.15, 0.2) is 10.7 Å². The third kappa shape index (κ3) is 4.36. The van der Waals surface area contributed by atoms with E-state index in [1.54, 1.807) is 7.11 Å². The summed E-state index contributed by atoms with van der Waals surface area (Å²) in [5, 5.41) is -0.465. The van der Waals surface area contributed by atoms with Crippen molar-refractivity contribution in [3.8, 4) is 0 Å². The minimum absolute atomic E-state index is 0.00820. The van der Waals surface area contributed by atoms with Crippen LogP contribution < -0.4 is 9.62 Å². The summed E-state index contributed by atoms with van der Waals surface area (Å²) >= 11 is 6.26. The lowest BCUT2D eigenvalue weighted by Gasteiger charge is -2.51. The number of benzene rings is 1. The van der Waals surface area contributed by atoms with E-state index in [0.717, 1.165) is 50.9 Å². The average Bonchev–Trinajstić information content (AvgIpc) is 3.44. The third-order valence-corrected chi connectivity index (χ3v) is 9.37. The Bertz CT molecular complexity index is 1250. The SMILES string of the molecule is CO[C@@H]1CCN([C@@H]2CC[C@@]23CCN(c2cc(F)c(S(=O)(=O)Nc4cccc(F)n4)c(F)c2Cl)C3)C1. The van der Waals surface area contributed by atoms with Gasteiger partial charge in [0.2, 0.25) is 5.95 Å². The van der Waals surface area contributed by atoms with Crippen LogP contribution in [0.2, 0.25) is 5.02 Å². The van der Waals surface area contributed by atoms with E-state index in [4.69, 9.17) is 16.3 Å². The molecule has 35 heavy (non-hydrogen) atoms. The van der Waals surface area contributed by atoms with Gasteiger partial charge < -0.3 is 9.64 Å². The van der Waals surface area contributed by atoms with Crippen LogP contribution in [0.25, 0.3) is 0 Å². The van der Waals surface area contributed by atoms with E-state index in [-0.39, 0.29) is 17.2 Å². The first-order valence-electron chi connectivity index (χ1n) is 11.5. The number of nitrogens with zero attached hydrogens (tertiary/aromatic N) is 3. The van der Waals surface area contributed by atoms with Crippen LogP contribution in [0.4, 0.5) is 24.7 Å². The monoisotopic (exact) mass is 530 g/mol. The van der Waals surface area contributed by atoms with E-state index in [1.807, 2.05) is 9.62 Å². The van der Waals surface area contributed by atoms with Crippen LogP contribution >= 0.6 is 11.6 Å². The van der Waals surface area contributed by atoms with Gasteiger partial charge in [-0.2, -0.15) is 4.39 Å². The molecule has 2 saturated heterocycles. The van der Waals surface area contributed by atoms with Crippen LogP contribution in [0.1, 0.15) is 25.7 Å². The molecule has 1 aliphatic carbocycles. The fourth-order valence-corrected chi connectivity index (χ4v) is 7.22. The smallest absolute Gasteiger partial charge is 0.268 e. The molecule has 1 aromatic heterocycles. The third-order valence-electron chi connectivity index (χ3n) is 7.62. The molecule has 0 unspecified atom stereocenters. The lowest BCUT2D eigenvalue weighted by molar-refractivity contribution is -0.00739. The second kappa shape index (κ2) is 9.10. The summed E-state index contributed by atoms with van der Waals surface area (Å²) in [5.41, 5.74) is 0.136. The van der Waals surface area contributed by atoms with Gasteiger partial charge in [0.1, 0.15) is 16.7 Å². The Morgan fingerprint density at radius 3 is 2.66 bits per heavy atom. The number of pyridine rings is 1. The van der Waals surface area contributed by atoms with Crippen molar-refractivity contribution in [1.29, 1.82) is 0 Å². The molecule has 3 aliphatic rings. The number of methoxy groups -OCH3 is 1. The number of halogens is 4. The minimum atomic E-state index is -4.75. The lowest BCUT2D eigenvalue weighted by Crippen LogP contribution is -2.56. The van der Waals surface area contributed by atoms with Gasteiger partial charge in [0, 0.05) is 50.8 Å². The Morgan fingerprint density at radius 2 is 2.00 bits per heavy atom. The minimum Gasteiger partial charge on any atom is -0.380 e. The van der Waals surface area contributed by atoms with Gasteiger partial charge in [-0.05, 0) is 37.8 Å². The number of likely N-dealkylation sites (tertiary alicyclic amines) is 1. The maximum absolute atomic E-state index is 15.2. The molecule has 2 aliphatic heterocycles. The molecule has 5 rings (SSSR count). The Kier molecular flexibility index (Phi) is 6.40. The van der Waals surface area contributed by atoms with E-state index in [0.29, 0.717) is 19.1 Å². The molecule has 2 aromatic rings. The molecule has 0 bridgehead atoms. The molecule has 1 aromatic carbocycles. The van der Waals surface area contributed by atoms with Gasteiger partial charge in [-0.1, -0.05) is 17.7 Å². The van der Waals surface area contributed by atoms with Crippen LogP contribution in [-0.4, -0.2) is 63.7 Å².